The van der Waals surface area contributed by atoms with Crippen LogP contribution in [0.5, 0.6) is 0 Å². The van der Waals surface area contributed by atoms with Crippen LogP contribution in [0.4, 0.5) is 0 Å². The number of carbonyl (C=O) groups is 2. The number of hydrogen-bond donors (Lipinski definition) is 0. The molecule has 0 radical (unpaired) electrons. The highest BCUT2D eigenvalue weighted by Gasteiger charge is 2.12. The van der Waals surface area contributed by atoms with Gasteiger partial charge in [0.05, 0.1) is 23.6 Å². The van der Waals surface area contributed by atoms with E-state index in [1.54, 1.807) is 24.3 Å². The molecule has 25 heavy (non-hydrogen) atoms. The smallest absolute Gasteiger partial charge is 0.339 e. The molecule has 3 aromatic rings. The second kappa shape index (κ2) is 6.91. The van der Waals surface area contributed by atoms with Crippen LogP contribution in [0.2, 0.25) is 0 Å². The van der Waals surface area contributed by atoms with Gasteiger partial charge in [0.15, 0.2) is 6.73 Å². The third-order valence-corrected chi connectivity index (χ3v) is 3.49. The monoisotopic (exact) mass is 339 g/mol. The van der Waals surface area contributed by atoms with Crippen molar-refractivity contribution in [2.45, 2.75) is 6.73 Å². The third kappa shape index (κ3) is 3.37. The molecule has 3 rings (SSSR count). The van der Waals surface area contributed by atoms with Crippen LogP contribution in [0.25, 0.3) is 10.9 Å². The molecule has 0 aliphatic rings. The van der Waals surface area contributed by atoms with Crippen LogP contribution >= 0.6 is 0 Å². The van der Waals surface area contributed by atoms with E-state index in [0.29, 0.717) is 16.5 Å². The highest BCUT2D eigenvalue weighted by Crippen LogP contribution is 2.08. The zero-order valence-corrected chi connectivity index (χ0v) is 13.2. The van der Waals surface area contributed by atoms with Crippen molar-refractivity contribution >= 4 is 22.8 Å². The number of hydrogen-bond acceptors (Lipinski definition) is 7. The number of nitrogens with zero attached hydrogens (tertiary/aromatic N) is 3. The van der Waals surface area contributed by atoms with E-state index < -0.39 is 17.5 Å². The Morgan fingerprint density at radius 3 is 2.32 bits per heavy atom. The number of carbonyl (C=O) groups excluding carboxylic acids is 2. The maximum absolute atomic E-state index is 12.2. The van der Waals surface area contributed by atoms with E-state index in [4.69, 9.17) is 4.74 Å². The van der Waals surface area contributed by atoms with Gasteiger partial charge in [-0.05, 0) is 36.4 Å². The molecule has 0 spiro atoms. The molecule has 8 heteroatoms. The second-order valence-corrected chi connectivity index (χ2v) is 5.04. The standard InChI is InChI=1S/C17H13N3O5/c1-24-16(22)11-6-8-12(9-7-11)17(23)25-10-20-15(21)13-4-2-3-5-14(13)18-19-20/h2-9H,10H2,1H3. The summed E-state index contributed by atoms with van der Waals surface area (Å²) in [6.07, 6.45) is 0. The topological polar surface area (TPSA) is 100 Å². The van der Waals surface area contributed by atoms with Crippen LogP contribution in [0.1, 0.15) is 20.7 Å². The minimum Gasteiger partial charge on any atom is -0.465 e. The van der Waals surface area contributed by atoms with Crippen LogP contribution in [-0.4, -0.2) is 34.0 Å². The molecule has 0 saturated carbocycles. The molecular weight excluding hydrogens is 326 g/mol. The SMILES string of the molecule is COC(=O)c1ccc(C(=O)OCn2nnc3ccccc3c2=O)cc1. The van der Waals surface area contributed by atoms with Crippen molar-refractivity contribution < 1.29 is 19.1 Å². The van der Waals surface area contributed by atoms with Crippen molar-refractivity contribution in [2.24, 2.45) is 0 Å². The quantitative estimate of drug-likeness (QED) is 0.662. The van der Waals surface area contributed by atoms with E-state index >= 15 is 0 Å². The van der Waals surface area contributed by atoms with E-state index in [1.807, 2.05) is 0 Å². The molecule has 0 aliphatic carbocycles. The first-order valence-electron chi connectivity index (χ1n) is 7.28. The van der Waals surface area contributed by atoms with Gasteiger partial charge in [-0.15, -0.1) is 5.10 Å². The summed E-state index contributed by atoms with van der Waals surface area (Å²) in [4.78, 5) is 35.6. The Labute approximate surface area is 141 Å². The molecule has 0 saturated heterocycles. The summed E-state index contributed by atoms with van der Waals surface area (Å²) in [6, 6.07) is 12.5. The maximum atomic E-state index is 12.2. The van der Waals surface area contributed by atoms with Gasteiger partial charge in [0, 0.05) is 0 Å². The van der Waals surface area contributed by atoms with Crippen molar-refractivity contribution in [2.75, 3.05) is 7.11 Å². The van der Waals surface area contributed by atoms with Crippen molar-refractivity contribution in [3.05, 3.63) is 70.0 Å². The number of benzene rings is 2. The van der Waals surface area contributed by atoms with Gasteiger partial charge in [0.2, 0.25) is 0 Å². The van der Waals surface area contributed by atoms with Gasteiger partial charge in [-0.2, -0.15) is 4.68 Å². The number of esters is 2. The lowest BCUT2D eigenvalue weighted by Gasteiger charge is -2.07. The molecule has 0 aliphatic heterocycles. The predicted octanol–water partition coefficient (Wildman–Crippen LogP) is 1.39. The molecular formula is C17H13N3O5. The Morgan fingerprint density at radius 2 is 1.64 bits per heavy atom. The highest BCUT2D eigenvalue weighted by atomic mass is 16.5. The van der Waals surface area contributed by atoms with E-state index in [9.17, 15) is 14.4 Å². The predicted molar refractivity (Wildman–Crippen MR) is 87.0 cm³/mol. The summed E-state index contributed by atoms with van der Waals surface area (Å²) >= 11 is 0. The van der Waals surface area contributed by atoms with Crippen LogP contribution in [0, 0.1) is 0 Å². The number of ether oxygens (including phenoxy) is 2. The van der Waals surface area contributed by atoms with Crippen molar-refractivity contribution in [3.8, 4) is 0 Å². The minimum atomic E-state index is -0.654. The molecule has 2 aromatic carbocycles. The lowest BCUT2D eigenvalue weighted by molar-refractivity contribution is 0.0335. The molecule has 8 nitrogen and oxygen atoms in total. The lowest BCUT2D eigenvalue weighted by atomic mass is 10.1. The first-order chi connectivity index (χ1) is 12.1. The first kappa shape index (κ1) is 16.3. The van der Waals surface area contributed by atoms with E-state index in [2.05, 4.69) is 15.0 Å². The van der Waals surface area contributed by atoms with Crippen molar-refractivity contribution in [1.82, 2.24) is 15.0 Å². The molecule has 1 heterocycles. The summed E-state index contributed by atoms with van der Waals surface area (Å²) in [5.41, 5.74) is 0.609. The van der Waals surface area contributed by atoms with Gasteiger partial charge in [-0.3, -0.25) is 4.79 Å². The average molecular weight is 339 g/mol. The largest absolute Gasteiger partial charge is 0.465 e. The zero-order chi connectivity index (χ0) is 17.8. The summed E-state index contributed by atoms with van der Waals surface area (Å²) in [5, 5.41) is 8.02. The van der Waals surface area contributed by atoms with E-state index in [-0.39, 0.29) is 12.3 Å². The fraction of sp³-hybridized carbons (Fsp3) is 0.118. The summed E-state index contributed by atoms with van der Waals surface area (Å²) < 4.78 is 10.6. The number of methoxy groups -OCH3 is 1. The molecule has 0 atom stereocenters. The van der Waals surface area contributed by atoms with Gasteiger partial charge in [-0.1, -0.05) is 17.3 Å². The number of rotatable bonds is 4. The third-order valence-electron chi connectivity index (χ3n) is 3.49. The molecule has 1 aromatic heterocycles. The normalized spacial score (nSPS) is 10.4. The molecule has 0 amide bonds. The second-order valence-electron chi connectivity index (χ2n) is 5.04. The Kier molecular flexibility index (Phi) is 4.51. The Bertz CT molecular complexity index is 995. The van der Waals surface area contributed by atoms with Crippen LogP contribution in [-0.2, 0) is 16.2 Å². The van der Waals surface area contributed by atoms with Crippen LogP contribution < -0.4 is 5.56 Å². The molecule has 0 unspecified atom stereocenters. The van der Waals surface area contributed by atoms with Gasteiger partial charge in [0.1, 0.15) is 5.52 Å². The Balaban J connectivity index is 1.73. The van der Waals surface area contributed by atoms with Crippen LogP contribution in [0.15, 0.2) is 53.3 Å². The molecule has 0 N–H and O–H groups in total. The first-order valence-corrected chi connectivity index (χ1v) is 7.28. The van der Waals surface area contributed by atoms with E-state index in [1.165, 1.54) is 31.4 Å². The fourth-order valence-electron chi connectivity index (χ4n) is 2.17. The van der Waals surface area contributed by atoms with Crippen molar-refractivity contribution in [1.29, 1.82) is 0 Å². The van der Waals surface area contributed by atoms with Gasteiger partial charge < -0.3 is 9.47 Å². The molecule has 0 bridgehead atoms. The van der Waals surface area contributed by atoms with Crippen molar-refractivity contribution in [3.63, 3.8) is 0 Å². The van der Waals surface area contributed by atoms with E-state index in [0.717, 1.165) is 4.68 Å². The van der Waals surface area contributed by atoms with Gasteiger partial charge in [0.25, 0.3) is 5.56 Å². The lowest BCUT2D eigenvalue weighted by Crippen LogP contribution is -2.26. The zero-order valence-electron chi connectivity index (χ0n) is 13.2. The highest BCUT2D eigenvalue weighted by molar-refractivity contribution is 5.93. The average Bonchev–Trinajstić information content (AvgIpc) is 2.67. The number of aromatic nitrogens is 3. The Morgan fingerprint density at radius 1 is 1.00 bits per heavy atom. The maximum Gasteiger partial charge on any atom is 0.339 e. The summed E-state index contributed by atoms with van der Waals surface area (Å²) in [6.45, 7) is -0.367. The molecule has 0 fully saturated rings. The summed E-state index contributed by atoms with van der Waals surface area (Å²) in [7, 11) is 1.27. The van der Waals surface area contributed by atoms with Gasteiger partial charge in [-0.25, -0.2) is 9.59 Å². The Hall–Kier alpha value is -3.55. The van der Waals surface area contributed by atoms with Gasteiger partial charge >= 0.3 is 11.9 Å². The molecule has 126 valence electrons. The minimum absolute atomic E-state index is 0.231. The van der Waals surface area contributed by atoms with Crippen LogP contribution in [0.3, 0.4) is 0 Å². The number of fused-ring (bicyclic) bond motifs is 1. The fourth-order valence-corrected chi connectivity index (χ4v) is 2.17. The summed E-state index contributed by atoms with van der Waals surface area (Å²) in [5.74, 6) is -1.16.